The number of benzene rings is 2. The highest BCUT2D eigenvalue weighted by Gasteiger charge is 2.12. The molecule has 4 bridgehead atoms. The zero-order valence-electron chi connectivity index (χ0n) is 13.1. The third-order valence-corrected chi connectivity index (χ3v) is 5.16. The molecule has 0 N–H and O–H groups in total. The van der Waals surface area contributed by atoms with Crippen molar-refractivity contribution >= 4 is 58.3 Å². The van der Waals surface area contributed by atoms with Crippen molar-refractivity contribution in [2.45, 2.75) is 26.2 Å². The number of hydrogen-bond donors (Lipinski definition) is 2. The molecule has 0 fully saturated rings. The minimum atomic E-state index is 0.613. The molecule has 0 aliphatic carbocycles. The fourth-order valence-electron chi connectivity index (χ4n) is 2.76. The van der Waals surface area contributed by atoms with Gasteiger partial charge in [-0.15, -0.1) is 25.3 Å². The summed E-state index contributed by atoms with van der Waals surface area (Å²) >= 11 is 19.4. The Morgan fingerprint density at radius 1 is 0.583 bits per heavy atom. The van der Waals surface area contributed by atoms with E-state index in [0.29, 0.717) is 8.64 Å². The van der Waals surface area contributed by atoms with Crippen molar-refractivity contribution in [3.63, 3.8) is 0 Å². The van der Waals surface area contributed by atoms with Crippen molar-refractivity contribution in [1.82, 2.24) is 9.80 Å². The molecule has 0 atom stereocenters. The molecule has 4 aliphatic heterocycles. The lowest BCUT2D eigenvalue weighted by atomic mass is 10.1. The van der Waals surface area contributed by atoms with Crippen LogP contribution >= 0.6 is 49.7 Å². The van der Waals surface area contributed by atoms with E-state index in [4.69, 9.17) is 24.4 Å². The quantitative estimate of drug-likeness (QED) is 0.507. The normalized spacial score (nSPS) is 14.6. The lowest BCUT2D eigenvalue weighted by Gasteiger charge is -2.26. The highest BCUT2D eigenvalue weighted by Crippen LogP contribution is 2.18. The minimum Gasteiger partial charge on any atom is -0.349 e. The molecule has 6 rings (SSSR count). The van der Waals surface area contributed by atoms with Gasteiger partial charge in [0.05, 0.1) is 0 Å². The van der Waals surface area contributed by atoms with E-state index in [1.807, 2.05) is 0 Å². The second kappa shape index (κ2) is 7.87. The summed E-state index contributed by atoms with van der Waals surface area (Å²) in [7, 11) is 0. The largest absolute Gasteiger partial charge is 0.349 e. The van der Waals surface area contributed by atoms with Gasteiger partial charge in [-0.1, -0.05) is 73.0 Å². The fraction of sp³-hybridized carbons (Fsp3) is 0.222. The highest BCUT2D eigenvalue weighted by atomic mass is 32.1. The Bertz CT molecular complexity index is 625. The summed E-state index contributed by atoms with van der Waals surface area (Å²) in [6.07, 6.45) is 0. The van der Waals surface area contributed by atoms with Crippen molar-refractivity contribution in [3.05, 3.63) is 70.8 Å². The Hall–Kier alpha value is -1.08. The van der Waals surface area contributed by atoms with Gasteiger partial charge in [0.2, 0.25) is 0 Å². The molecule has 4 heterocycles. The van der Waals surface area contributed by atoms with Gasteiger partial charge in [0.25, 0.3) is 0 Å². The Balaban J connectivity index is 1.97. The van der Waals surface area contributed by atoms with Crippen LogP contribution in [0.15, 0.2) is 48.5 Å². The van der Waals surface area contributed by atoms with Crippen molar-refractivity contribution in [2.24, 2.45) is 0 Å². The molecule has 0 saturated heterocycles. The van der Waals surface area contributed by atoms with E-state index in [1.165, 1.54) is 22.3 Å². The van der Waals surface area contributed by atoms with Gasteiger partial charge in [-0.2, -0.15) is 0 Å². The standard InChI is InChI=1S/C18H18N2S4/c21-17(22)19-9-13-1-2-14(4-3-13)10-20(18(23)24)12-16-7-5-15(11-19)6-8-16/h1-8H,9-12H2,(H,21,22)(H,23,24). The van der Waals surface area contributed by atoms with Gasteiger partial charge in [0.1, 0.15) is 8.64 Å². The molecule has 24 heavy (non-hydrogen) atoms. The summed E-state index contributed by atoms with van der Waals surface area (Å²) in [5, 5.41) is 0. The second-order valence-electron chi connectivity index (χ2n) is 5.91. The van der Waals surface area contributed by atoms with Crippen LogP contribution in [-0.4, -0.2) is 18.4 Å². The van der Waals surface area contributed by atoms with Gasteiger partial charge in [-0.05, 0) is 22.3 Å². The first-order valence-electron chi connectivity index (χ1n) is 7.62. The van der Waals surface area contributed by atoms with Crippen LogP contribution in [0, 0.1) is 0 Å². The van der Waals surface area contributed by atoms with Crippen molar-refractivity contribution in [3.8, 4) is 0 Å². The topological polar surface area (TPSA) is 6.48 Å². The van der Waals surface area contributed by atoms with Gasteiger partial charge in [-0.3, -0.25) is 0 Å². The van der Waals surface area contributed by atoms with Crippen LogP contribution < -0.4 is 0 Å². The molecule has 124 valence electrons. The minimum absolute atomic E-state index is 0.613. The maximum Gasteiger partial charge on any atom is 0.133 e. The molecule has 0 aromatic heterocycles. The summed E-state index contributed by atoms with van der Waals surface area (Å²) in [4.78, 5) is 4.20. The van der Waals surface area contributed by atoms with Crippen LogP contribution in [-0.2, 0) is 26.2 Å². The molecule has 0 saturated carbocycles. The SMILES string of the molecule is S=C(S)N1Cc2ccc(cc2)CN(C(=S)S)Cc2ccc(cc2)C1. The lowest BCUT2D eigenvalue weighted by Crippen LogP contribution is -2.26. The first kappa shape index (κ1) is 17.7. The Labute approximate surface area is 164 Å². The van der Waals surface area contributed by atoms with E-state index in [-0.39, 0.29) is 0 Å². The summed E-state index contributed by atoms with van der Waals surface area (Å²) in [5.74, 6) is 0. The molecule has 2 aromatic rings. The molecule has 4 aliphatic rings. The summed E-state index contributed by atoms with van der Waals surface area (Å²) in [6.45, 7) is 3.00. The van der Waals surface area contributed by atoms with E-state index in [1.54, 1.807) is 0 Å². The monoisotopic (exact) mass is 390 g/mol. The lowest BCUT2D eigenvalue weighted by molar-refractivity contribution is 0.414. The summed E-state index contributed by atoms with van der Waals surface area (Å²) in [6, 6.07) is 17.1. The maximum atomic E-state index is 5.31. The van der Waals surface area contributed by atoms with Crippen LogP contribution in [0.4, 0.5) is 0 Å². The van der Waals surface area contributed by atoms with Crippen LogP contribution in [0.3, 0.4) is 0 Å². The average Bonchev–Trinajstić information content (AvgIpc) is 2.56. The summed E-state index contributed by atoms with van der Waals surface area (Å²) < 4.78 is 1.23. The number of rotatable bonds is 0. The average molecular weight is 391 g/mol. The fourth-order valence-corrected chi connectivity index (χ4v) is 3.31. The molecule has 0 amide bonds. The zero-order chi connectivity index (χ0) is 17.1. The molecule has 0 unspecified atom stereocenters. The Kier molecular flexibility index (Phi) is 5.81. The maximum absolute atomic E-state index is 5.31. The molecule has 0 spiro atoms. The number of thiol groups is 2. The number of nitrogens with zero attached hydrogens (tertiary/aromatic N) is 2. The van der Waals surface area contributed by atoms with Gasteiger partial charge in [0, 0.05) is 26.2 Å². The molecule has 2 nitrogen and oxygen atoms in total. The first-order chi connectivity index (χ1) is 11.5. The van der Waals surface area contributed by atoms with E-state index in [2.05, 4.69) is 83.6 Å². The van der Waals surface area contributed by atoms with Crippen LogP contribution in [0.5, 0.6) is 0 Å². The summed E-state index contributed by atoms with van der Waals surface area (Å²) in [5.41, 5.74) is 4.85. The van der Waals surface area contributed by atoms with E-state index in [9.17, 15) is 0 Å². The Morgan fingerprint density at radius 3 is 0.958 bits per heavy atom. The molecular weight excluding hydrogens is 372 g/mol. The third kappa shape index (κ3) is 4.51. The smallest absolute Gasteiger partial charge is 0.133 e. The predicted octanol–water partition coefficient (Wildman–Crippen LogP) is 4.43. The Morgan fingerprint density at radius 2 is 0.792 bits per heavy atom. The first-order valence-corrected chi connectivity index (χ1v) is 9.34. The van der Waals surface area contributed by atoms with Gasteiger partial charge < -0.3 is 9.80 Å². The van der Waals surface area contributed by atoms with Crippen molar-refractivity contribution in [2.75, 3.05) is 0 Å². The molecule has 2 aromatic carbocycles. The zero-order valence-corrected chi connectivity index (χ0v) is 16.5. The highest BCUT2D eigenvalue weighted by molar-refractivity contribution is 8.11. The van der Waals surface area contributed by atoms with E-state index in [0.717, 1.165) is 26.2 Å². The van der Waals surface area contributed by atoms with E-state index < -0.39 is 0 Å². The molecular formula is C18H18N2S4. The second-order valence-corrected chi connectivity index (χ2v) is 8.14. The third-order valence-electron chi connectivity index (χ3n) is 4.08. The van der Waals surface area contributed by atoms with Crippen molar-refractivity contribution in [1.29, 1.82) is 0 Å². The van der Waals surface area contributed by atoms with Crippen molar-refractivity contribution < 1.29 is 0 Å². The predicted molar refractivity (Wildman–Crippen MR) is 115 cm³/mol. The molecule has 6 heteroatoms. The van der Waals surface area contributed by atoms with Crippen LogP contribution in [0.25, 0.3) is 0 Å². The van der Waals surface area contributed by atoms with Crippen LogP contribution in [0.1, 0.15) is 22.3 Å². The number of thiocarbonyl (C=S) groups is 2. The number of hydrogen-bond acceptors (Lipinski definition) is 2. The van der Waals surface area contributed by atoms with Gasteiger partial charge >= 0.3 is 0 Å². The van der Waals surface area contributed by atoms with Crippen LogP contribution in [0.2, 0.25) is 0 Å². The van der Waals surface area contributed by atoms with Gasteiger partial charge in [-0.25, -0.2) is 0 Å². The molecule has 0 radical (unpaired) electrons. The van der Waals surface area contributed by atoms with Gasteiger partial charge in [0.15, 0.2) is 0 Å². The van der Waals surface area contributed by atoms with E-state index >= 15 is 0 Å².